The molecule has 0 bridgehead atoms. The van der Waals surface area contributed by atoms with E-state index in [0.717, 1.165) is 29.8 Å². The van der Waals surface area contributed by atoms with Gasteiger partial charge in [0.15, 0.2) is 0 Å². The minimum absolute atomic E-state index is 0.00340. The molecule has 2 amide bonds. The first-order valence-electron chi connectivity index (χ1n) is 7.13. The summed E-state index contributed by atoms with van der Waals surface area (Å²) in [5.41, 5.74) is 11.8. The first-order chi connectivity index (χ1) is 10.1. The van der Waals surface area contributed by atoms with Gasteiger partial charge in [-0.3, -0.25) is 9.59 Å². The SMILES string of the molecule is NC(=O)CCSc1ccccc1NC(=O)C1CCC(N)C1. The number of anilines is 1. The molecule has 0 heterocycles. The number of rotatable bonds is 6. The number of primary amides is 1. The average molecular weight is 307 g/mol. The van der Waals surface area contributed by atoms with E-state index in [-0.39, 0.29) is 23.8 Å². The lowest BCUT2D eigenvalue weighted by molar-refractivity contribution is -0.120. The molecular formula is C15H21N3O2S. The Morgan fingerprint density at radius 3 is 2.71 bits per heavy atom. The zero-order chi connectivity index (χ0) is 15.2. The van der Waals surface area contributed by atoms with E-state index in [1.54, 1.807) is 0 Å². The summed E-state index contributed by atoms with van der Waals surface area (Å²) in [4.78, 5) is 24.0. The largest absolute Gasteiger partial charge is 0.370 e. The molecule has 0 saturated heterocycles. The highest BCUT2D eigenvalue weighted by Crippen LogP contribution is 2.30. The number of carbonyl (C=O) groups is 2. The fourth-order valence-corrected chi connectivity index (χ4v) is 3.42. The lowest BCUT2D eigenvalue weighted by atomic mass is 10.1. The van der Waals surface area contributed by atoms with Crippen molar-refractivity contribution in [2.45, 2.75) is 36.6 Å². The Kier molecular flexibility index (Phi) is 5.64. The van der Waals surface area contributed by atoms with Crippen LogP contribution >= 0.6 is 11.8 Å². The van der Waals surface area contributed by atoms with Crippen LogP contribution in [-0.2, 0) is 9.59 Å². The smallest absolute Gasteiger partial charge is 0.227 e. The van der Waals surface area contributed by atoms with Gasteiger partial charge in [-0.15, -0.1) is 11.8 Å². The van der Waals surface area contributed by atoms with Crippen LogP contribution in [0.15, 0.2) is 29.2 Å². The number of amides is 2. The van der Waals surface area contributed by atoms with Gasteiger partial charge in [0.05, 0.1) is 5.69 Å². The average Bonchev–Trinajstić information content (AvgIpc) is 2.87. The monoisotopic (exact) mass is 307 g/mol. The zero-order valence-electron chi connectivity index (χ0n) is 11.9. The van der Waals surface area contributed by atoms with E-state index < -0.39 is 0 Å². The van der Waals surface area contributed by atoms with Crippen LogP contribution in [0.3, 0.4) is 0 Å². The van der Waals surface area contributed by atoms with Gasteiger partial charge in [0, 0.05) is 29.0 Å². The van der Waals surface area contributed by atoms with Crippen LogP contribution in [0.25, 0.3) is 0 Å². The molecule has 0 aromatic heterocycles. The number of benzene rings is 1. The highest BCUT2D eigenvalue weighted by atomic mass is 32.2. The number of hydrogen-bond donors (Lipinski definition) is 3. The van der Waals surface area contributed by atoms with E-state index in [9.17, 15) is 9.59 Å². The maximum atomic E-state index is 12.2. The van der Waals surface area contributed by atoms with E-state index >= 15 is 0 Å². The summed E-state index contributed by atoms with van der Waals surface area (Å²) in [7, 11) is 0. The van der Waals surface area contributed by atoms with E-state index in [2.05, 4.69) is 5.32 Å². The van der Waals surface area contributed by atoms with Crippen LogP contribution in [0.4, 0.5) is 5.69 Å². The summed E-state index contributed by atoms with van der Waals surface area (Å²) < 4.78 is 0. The molecule has 2 unspecified atom stereocenters. The lowest BCUT2D eigenvalue weighted by Crippen LogP contribution is -2.23. The molecular weight excluding hydrogens is 286 g/mol. The van der Waals surface area contributed by atoms with Crippen molar-refractivity contribution in [2.24, 2.45) is 17.4 Å². The fourth-order valence-electron chi connectivity index (χ4n) is 2.45. The lowest BCUT2D eigenvalue weighted by Gasteiger charge is -2.13. The van der Waals surface area contributed by atoms with Crippen LogP contribution in [0.2, 0.25) is 0 Å². The highest BCUT2D eigenvalue weighted by Gasteiger charge is 2.28. The second kappa shape index (κ2) is 7.47. The third kappa shape index (κ3) is 4.75. The molecule has 2 atom stereocenters. The van der Waals surface area contributed by atoms with Crippen LogP contribution in [0, 0.1) is 5.92 Å². The maximum absolute atomic E-state index is 12.2. The van der Waals surface area contributed by atoms with Crippen molar-refractivity contribution < 1.29 is 9.59 Å². The van der Waals surface area contributed by atoms with Gasteiger partial charge in [-0.05, 0) is 31.4 Å². The van der Waals surface area contributed by atoms with Crippen molar-refractivity contribution in [3.63, 3.8) is 0 Å². The highest BCUT2D eigenvalue weighted by molar-refractivity contribution is 7.99. The predicted molar refractivity (Wildman–Crippen MR) is 84.9 cm³/mol. The van der Waals surface area contributed by atoms with Gasteiger partial charge < -0.3 is 16.8 Å². The van der Waals surface area contributed by atoms with Crippen molar-refractivity contribution in [3.05, 3.63) is 24.3 Å². The van der Waals surface area contributed by atoms with E-state index in [1.165, 1.54) is 11.8 Å². The summed E-state index contributed by atoms with van der Waals surface area (Å²) in [6, 6.07) is 7.74. The molecule has 114 valence electrons. The van der Waals surface area contributed by atoms with Crippen molar-refractivity contribution >= 4 is 29.3 Å². The Labute approximate surface area is 128 Å². The molecule has 21 heavy (non-hydrogen) atoms. The molecule has 5 N–H and O–H groups in total. The minimum Gasteiger partial charge on any atom is -0.370 e. The van der Waals surface area contributed by atoms with Gasteiger partial charge in [0.25, 0.3) is 0 Å². The van der Waals surface area contributed by atoms with Gasteiger partial charge in [-0.25, -0.2) is 0 Å². The number of nitrogens with two attached hydrogens (primary N) is 2. The van der Waals surface area contributed by atoms with Gasteiger partial charge >= 0.3 is 0 Å². The van der Waals surface area contributed by atoms with E-state index in [0.29, 0.717) is 12.2 Å². The molecule has 0 radical (unpaired) electrons. The number of thioether (sulfide) groups is 1. The molecule has 1 saturated carbocycles. The molecule has 5 nitrogen and oxygen atoms in total. The fraction of sp³-hybridized carbons (Fsp3) is 0.467. The van der Waals surface area contributed by atoms with Crippen LogP contribution in [-0.4, -0.2) is 23.6 Å². The Balaban J connectivity index is 1.95. The number of hydrogen-bond acceptors (Lipinski definition) is 4. The first kappa shape index (κ1) is 15.9. The molecule has 0 aliphatic heterocycles. The summed E-state index contributed by atoms with van der Waals surface area (Å²) in [6.07, 6.45) is 2.84. The van der Waals surface area contributed by atoms with Crippen LogP contribution in [0.5, 0.6) is 0 Å². The summed E-state index contributed by atoms with van der Waals surface area (Å²) in [5, 5.41) is 2.98. The molecule has 1 fully saturated rings. The summed E-state index contributed by atoms with van der Waals surface area (Å²) in [5.74, 6) is 0.329. The number of nitrogens with one attached hydrogen (secondary N) is 1. The third-order valence-corrected chi connectivity index (χ3v) is 4.67. The van der Waals surface area contributed by atoms with Crippen molar-refractivity contribution in [3.8, 4) is 0 Å². The topological polar surface area (TPSA) is 98.2 Å². The van der Waals surface area contributed by atoms with E-state index in [4.69, 9.17) is 11.5 Å². The molecule has 1 aliphatic carbocycles. The second-order valence-electron chi connectivity index (χ2n) is 5.32. The summed E-state index contributed by atoms with van der Waals surface area (Å²) >= 11 is 1.52. The molecule has 2 rings (SSSR count). The molecule has 6 heteroatoms. The normalized spacial score (nSPS) is 21.2. The quantitative estimate of drug-likeness (QED) is 0.697. The Hall–Kier alpha value is -1.53. The van der Waals surface area contributed by atoms with Gasteiger partial charge in [-0.2, -0.15) is 0 Å². The van der Waals surface area contributed by atoms with Crippen LogP contribution < -0.4 is 16.8 Å². The predicted octanol–water partition coefficient (Wildman–Crippen LogP) is 1.72. The molecule has 1 aromatic rings. The maximum Gasteiger partial charge on any atom is 0.227 e. The first-order valence-corrected chi connectivity index (χ1v) is 8.11. The standard InChI is InChI=1S/C15H21N3O2S/c16-11-6-5-10(9-11)15(20)18-12-3-1-2-4-13(12)21-8-7-14(17)19/h1-4,10-11H,5-9,16H2,(H2,17,19)(H,18,20). The Morgan fingerprint density at radius 1 is 1.29 bits per heavy atom. The van der Waals surface area contributed by atoms with Crippen molar-refractivity contribution in [1.29, 1.82) is 0 Å². The van der Waals surface area contributed by atoms with Gasteiger partial charge in [-0.1, -0.05) is 12.1 Å². The van der Waals surface area contributed by atoms with Gasteiger partial charge in [0.2, 0.25) is 11.8 Å². The minimum atomic E-state index is -0.316. The second-order valence-corrected chi connectivity index (χ2v) is 6.46. The third-order valence-electron chi connectivity index (χ3n) is 3.59. The number of carbonyl (C=O) groups excluding carboxylic acids is 2. The van der Waals surface area contributed by atoms with Crippen LogP contribution in [0.1, 0.15) is 25.7 Å². The Morgan fingerprint density at radius 2 is 2.05 bits per heavy atom. The Bertz CT molecular complexity index is 521. The van der Waals surface area contributed by atoms with E-state index in [1.807, 2.05) is 24.3 Å². The molecule has 1 aromatic carbocycles. The summed E-state index contributed by atoms with van der Waals surface area (Å²) in [6.45, 7) is 0. The number of para-hydroxylation sites is 1. The molecule has 1 aliphatic rings. The zero-order valence-corrected chi connectivity index (χ0v) is 12.7. The van der Waals surface area contributed by atoms with Gasteiger partial charge in [0.1, 0.15) is 0 Å². The van der Waals surface area contributed by atoms with Crippen molar-refractivity contribution in [1.82, 2.24) is 0 Å². The molecule has 0 spiro atoms. The van der Waals surface area contributed by atoms with Crippen molar-refractivity contribution in [2.75, 3.05) is 11.1 Å².